The minimum atomic E-state index is -0.827. The zero-order valence-corrected chi connectivity index (χ0v) is 17.3. The highest BCUT2D eigenvalue weighted by Gasteiger charge is 2.37. The lowest BCUT2D eigenvalue weighted by Crippen LogP contribution is -2.46. The van der Waals surface area contributed by atoms with Crippen molar-refractivity contribution >= 4 is 29.2 Å². The van der Waals surface area contributed by atoms with Crippen molar-refractivity contribution in [3.8, 4) is 11.5 Å². The third-order valence-corrected chi connectivity index (χ3v) is 5.89. The van der Waals surface area contributed by atoms with Crippen LogP contribution in [0.2, 0.25) is 10.0 Å². The maximum Gasteiger partial charge on any atom is 0.320 e. The van der Waals surface area contributed by atoms with Crippen LogP contribution in [-0.4, -0.2) is 42.8 Å². The fourth-order valence-corrected chi connectivity index (χ4v) is 4.19. The number of ether oxygens (including phenoxy) is 2. The number of carbonyl (C=O) groups is 1. The average Bonchev–Trinajstić information content (AvgIpc) is 2.70. The van der Waals surface area contributed by atoms with Gasteiger partial charge in [0.05, 0.1) is 30.3 Å². The molecule has 7 heteroatoms. The lowest BCUT2D eigenvalue weighted by Gasteiger charge is -2.40. The number of carboxylic acid groups (broad SMARTS) is 1. The number of likely N-dealkylation sites (tertiary alicyclic amines) is 1. The molecule has 3 rings (SSSR count). The number of rotatable bonds is 6. The second kappa shape index (κ2) is 9.03. The van der Waals surface area contributed by atoms with Gasteiger partial charge in [-0.05, 0) is 43.1 Å². The van der Waals surface area contributed by atoms with Gasteiger partial charge in [-0.2, -0.15) is 0 Å². The molecule has 1 aliphatic rings. The molecule has 150 valence electrons. The smallest absolute Gasteiger partial charge is 0.320 e. The molecule has 0 aliphatic carbocycles. The molecule has 0 radical (unpaired) electrons. The Hall–Kier alpha value is -1.95. The monoisotopic (exact) mass is 423 g/mol. The van der Waals surface area contributed by atoms with Crippen molar-refractivity contribution in [3.05, 3.63) is 57.6 Å². The summed E-state index contributed by atoms with van der Waals surface area (Å²) >= 11 is 12.4. The molecule has 1 saturated heterocycles. The van der Waals surface area contributed by atoms with Crippen molar-refractivity contribution in [1.29, 1.82) is 0 Å². The largest absolute Gasteiger partial charge is 0.493 e. The van der Waals surface area contributed by atoms with Gasteiger partial charge in [0.2, 0.25) is 0 Å². The van der Waals surface area contributed by atoms with Crippen molar-refractivity contribution in [3.63, 3.8) is 0 Å². The first-order valence-corrected chi connectivity index (χ1v) is 9.88. The van der Waals surface area contributed by atoms with E-state index in [1.54, 1.807) is 26.4 Å². The second-order valence-electron chi connectivity index (χ2n) is 6.75. The molecule has 0 spiro atoms. The SMILES string of the molecule is COc1cccc(C(c2ccc(Cl)c(Cl)c2)N2CCCCC2C(=O)O)c1OC. The molecular formula is C21H23Cl2NO4. The minimum Gasteiger partial charge on any atom is -0.493 e. The third-order valence-electron chi connectivity index (χ3n) is 5.15. The number of para-hydroxylation sites is 1. The Kier molecular flexibility index (Phi) is 6.70. The summed E-state index contributed by atoms with van der Waals surface area (Å²) < 4.78 is 11.1. The van der Waals surface area contributed by atoms with E-state index in [1.807, 2.05) is 29.2 Å². The van der Waals surface area contributed by atoms with E-state index >= 15 is 0 Å². The number of halogens is 2. The summed E-state index contributed by atoms with van der Waals surface area (Å²) in [5, 5.41) is 10.7. The summed E-state index contributed by atoms with van der Waals surface area (Å²) in [6.07, 6.45) is 2.41. The van der Waals surface area contributed by atoms with Gasteiger partial charge in [0, 0.05) is 5.56 Å². The molecule has 0 aromatic heterocycles. The van der Waals surface area contributed by atoms with Gasteiger partial charge in [-0.25, -0.2) is 0 Å². The summed E-state index contributed by atoms with van der Waals surface area (Å²) in [5.41, 5.74) is 1.68. The molecule has 0 amide bonds. The molecule has 5 nitrogen and oxygen atoms in total. The highest BCUT2D eigenvalue weighted by molar-refractivity contribution is 6.42. The van der Waals surface area contributed by atoms with Gasteiger partial charge in [0.25, 0.3) is 0 Å². The van der Waals surface area contributed by atoms with E-state index in [0.29, 0.717) is 34.5 Å². The van der Waals surface area contributed by atoms with Crippen molar-refractivity contribution in [1.82, 2.24) is 4.90 Å². The fraction of sp³-hybridized carbons (Fsp3) is 0.381. The molecule has 2 atom stereocenters. The Morgan fingerprint density at radius 1 is 1.14 bits per heavy atom. The predicted octanol–water partition coefficient (Wildman–Crippen LogP) is 5.04. The maximum atomic E-state index is 12.0. The van der Waals surface area contributed by atoms with E-state index in [2.05, 4.69) is 0 Å². The summed E-state index contributed by atoms with van der Waals surface area (Å²) in [6.45, 7) is 0.655. The summed E-state index contributed by atoms with van der Waals surface area (Å²) in [5.74, 6) is 0.344. The number of piperidine rings is 1. The molecule has 0 saturated carbocycles. The second-order valence-corrected chi connectivity index (χ2v) is 7.56. The van der Waals surface area contributed by atoms with Crippen LogP contribution in [0, 0.1) is 0 Å². The normalized spacial score (nSPS) is 18.5. The van der Waals surface area contributed by atoms with Crippen LogP contribution in [0.1, 0.15) is 36.4 Å². The number of methoxy groups -OCH3 is 2. The first-order chi connectivity index (χ1) is 13.5. The van der Waals surface area contributed by atoms with Crippen molar-refractivity contribution < 1.29 is 19.4 Å². The van der Waals surface area contributed by atoms with Gasteiger partial charge in [0.1, 0.15) is 6.04 Å². The van der Waals surface area contributed by atoms with Crippen molar-refractivity contribution in [2.75, 3.05) is 20.8 Å². The average molecular weight is 424 g/mol. The number of carboxylic acids is 1. The fourth-order valence-electron chi connectivity index (χ4n) is 3.89. The number of aliphatic carboxylic acids is 1. The Labute approximate surface area is 174 Å². The van der Waals surface area contributed by atoms with Crippen LogP contribution in [0.15, 0.2) is 36.4 Å². The molecule has 0 bridgehead atoms. The molecule has 1 heterocycles. The van der Waals surface area contributed by atoms with Gasteiger partial charge in [-0.1, -0.05) is 47.8 Å². The Bertz CT molecular complexity index is 858. The molecule has 2 aromatic carbocycles. The lowest BCUT2D eigenvalue weighted by molar-refractivity contribution is -0.145. The van der Waals surface area contributed by atoms with Crippen molar-refractivity contribution in [2.45, 2.75) is 31.3 Å². The first-order valence-electron chi connectivity index (χ1n) is 9.12. The number of benzene rings is 2. The minimum absolute atomic E-state index is 0.360. The Balaban J connectivity index is 2.20. The maximum absolute atomic E-state index is 12.0. The zero-order chi connectivity index (χ0) is 20.3. The standard InChI is InChI=1S/C21H23Cl2NO4/c1-27-18-8-5-6-14(20(18)28-2)19(13-9-10-15(22)16(23)12-13)24-11-4-3-7-17(24)21(25)26/h5-6,8-10,12,17,19H,3-4,7,11H2,1-2H3,(H,25,26). The molecule has 2 unspecified atom stereocenters. The van der Waals surface area contributed by atoms with Gasteiger partial charge < -0.3 is 14.6 Å². The van der Waals surface area contributed by atoms with Crippen LogP contribution in [0.25, 0.3) is 0 Å². The summed E-state index contributed by atoms with van der Waals surface area (Å²) in [7, 11) is 3.16. The van der Waals surface area contributed by atoms with Crippen molar-refractivity contribution in [2.24, 2.45) is 0 Å². The summed E-state index contributed by atoms with van der Waals surface area (Å²) in [4.78, 5) is 14.0. The lowest BCUT2D eigenvalue weighted by atomic mass is 9.91. The van der Waals surface area contributed by atoms with Gasteiger partial charge >= 0.3 is 5.97 Å². The zero-order valence-electron chi connectivity index (χ0n) is 15.8. The quantitative estimate of drug-likeness (QED) is 0.704. The van der Waals surface area contributed by atoms with Gasteiger partial charge in [-0.3, -0.25) is 9.69 Å². The molecule has 2 aromatic rings. The molecule has 1 aliphatic heterocycles. The Morgan fingerprint density at radius 2 is 1.93 bits per heavy atom. The van der Waals surface area contributed by atoms with E-state index in [1.165, 1.54) is 0 Å². The van der Waals surface area contributed by atoms with E-state index in [-0.39, 0.29) is 6.04 Å². The molecule has 28 heavy (non-hydrogen) atoms. The van der Waals surface area contributed by atoms with Crippen LogP contribution in [0.4, 0.5) is 0 Å². The summed E-state index contributed by atoms with van der Waals surface area (Å²) in [6, 6.07) is 10.1. The third kappa shape index (κ3) is 4.07. The molecule has 1 N–H and O–H groups in total. The van der Waals surface area contributed by atoms with E-state index < -0.39 is 12.0 Å². The van der Waals surface area contributed by atoms with E-state index in [9.17, 15) is 9.90 Å². The van der Waals surface area contributed by atoms with E-state index in [4.69, 9.17) is 32.7 Å². The topological polar surface area (TPSA) is 59.0 Å². The first kappa shape index (κ1) is 20.8. The number of hydrogen-bond donors (Lipinski definition) is 1. The van der Waals surface area contributed by atoms with Crippen LogP contribution in [0.5, 0.6) is 11.5 Å². The highest BCUT2D eigenvalue weighted by atomic mass is 35.5. The number of nitrogens with zero attached hydrogens (tertiary/aromatic N) is 1. The van der Waals surface area contributed by atoms with Crippen LogP contribution in [0.3, 0.4) is 0 Å². The number of hydrogen-bond acceptors (Lipinski definition) is 4. The van der Waals surface area contributed by atoms with Gasteiger partial charge in [0.15, 0.2) is 11.5 Å². The van der Waals surface area contributed by atoms with Crippen LogP contribution < -0.4 is 9.47 Å². The highest BCUT2D eigenvalue weighted by Crippen LogP contribution is 2.43. The van der Waals surface area contributed by atoms with Crippen LogP contribution >= 0.6 is 23.2 Å². The van der Waals surface area contributed by atoms with E-state index in [0.717, 1.165) is 24.0 Å². The van der Waals surface area contributed by atoms with Gasteiger partial charge in [-0.15, -0.1) is 0 Å². The molecule has 1 fully saturated rings. The molecular weight excluding hydrogens is 401 g/mol. The Morgan fingerprint density at radius 3 is 2.57 bits per heavy atom. The van der Waals surface area contributed by atoms with Crippen LogP contribution in [-0.2, 0) is 4.79 Å². The predicted molar refractivity (Wildman–Crippen MR) is 110 cm³/mol.